The first-order valence-corrected chi connectivity index (χ1v) is 6.51. The van der Waals surface area contributed by atoms with Crippen LogP contribution in [0.1, 0.15) is 58.3 Å². The predicted octanol–water partition coefficient (Wildman–Crippen LogP) is 2.73. The summed E-state index contributed by atoms with van der Waals surface area (Å²) in [6.45, 7) is 2.52. The normalized spacial score (nSPS) is 18.6. The van der Waals surface area contributed by atoms with Crippen LogP contribution in [0.3, 0.4) is 0 Å². The third-order valence-corrected chi connectivity index (χ3v) is 4.13. The number of hydrogen-bond donors (Lipinski definition) is 2. The van der Waals surface area contributed by atoms with Crippen molar-refractivity contribution in [3.8, 4) is 0 Å². The van der Waals surface area contributed by atoms with Gasteiger partial charge in [-0.05, 0) is 25.2 Å². The highest BCUT2D eigenvalue weighted by atomic mass is 16.3. The van der Waals surface area contributed by atoms with Gasteiger partial charge in [0.2, 0.25) is 0 Å². The number of rotatable bonds is 7. The maximum atomic E-state index is 9.58. The highest BCUT2D eigenvalue weighted by molar-refractivity contribution is 4.88. The zero-order chi connectivity index (χ0) is 11.1. The van der Waals surface area contributed by atoms with Crippen molar-refractivity contribution in [2.75, 3.05) is 13.2 Å². The van der Waals surface area contributed by atoms with Gasteiger partial charge >= 0.3 is 0 Å². The van der Waals surface area contributed by atoms with Gasteiger partial charge in [0, 0.05) is 5.41 Å². The first kappa shape index (κ1) is 13.0. The fourth-order valence-corrected chi connectivity index (χ4v) is 2.94. The van der Waals surface area contributed by atoms with Gasteiger partial charge in [0.05, 0.1) is 13.2 Å². The molecule has 0 heterocycles. The Balaban J connectivity index is 2.50. The Morgan fingerprint density at radius 3 is 2.13 bits per heavy atom. The summed E-state index contributed by atoms with van der Waals surface area (Å²) in [6.07, 6.45) is 9.53. The van der Waals surface area contributed by atoms with Crippen molar-refractivity contribution in [3.05, 3.63) is 0 Å². The van der Waals surface area contributed by atoms with Gasteiger partial charge in [-0.25, -0.2) is 0 Å². The molecule has 1 fully saturated rings. The van der Waals surface area contributed by atoms with Crippen LogP contribution in [0, 0.1) is 11.3 Å². The summed E-state index contributed by atoms with van der Waals surface area (Å²) in [5.41, 5.74) is -0.175. The van der Waals surface area contributed by atoms with Crippen molar-refractivity contribution in [1.82, 2.24) is 0 Å². The standard InChI is InChI=1S/C13H26O2/c1-2-3-6-9-13(10-14,11-15)12-7-4-5-8-12/h12,14-15H,2-11H2,1H3. The van der Waals surface area contributed by atoms with E-state index in [1.165, 1.54) is 38.5 Å². The zero-order valence-electron chi connectivity index (χ0n) is 10.0. The molecule has 0 bridgehead atoms. The monoisotopic (exact) mass is 214 g/mol. The Labute approximate surface area is 93.7 Å². The fraction of sp³-hybridized carbons (Fsp3) is 1.00. The molecule has 1 rings (SSSR count). The molecule has 0 aromatic carbocycles. The van der Waals surface area contributed by atoms with E-state index in [1.54, 1.807) is 0 Å². The van der Waals surface area contributed by atoms with Gasteiger partial charge < -0.3 is 10.2 Å². The van der Waals surface area contributed by atoms with Gasteiger partial charge in [-0.2, -0.15) is 0 Å². The first-order chi connectivity index (χ1) is 7.29. The van der Waals surface area contributed by atoms with E-state index < -0.39 is 0 Å². The SMILES string of the molecule is CCCCCC(CO)(CO)C1CCCC1. The van der Waals surface area contributed by atoms with Crippen molar-refractivity contribution in [2.24, 2.45) is 11.3 Å². The Morgan fingerprint density at radius 2 is 1.67 bits per heavy atom. The molecule has 2 heteroatoms. The number of unbranched alkanes of at least 4 members (excludes halogenated alkanes) is 2. The van der Waals surface area contributed by atoms with Gasteiger partial charge in [-0.3, -0.25) is 0 Å². The van der Waals surface area contributed by atoms with E-state index in [4.69, 9.17) is 0 Å². The summed E-state index contributed by atoms with van der Waals surface area (Å²) in [6, 6.07) is 0. The van der Waals surface area contributed by atoms with Crippen LogP contribution in [-0.2, 0) is 0 Å². The number of aliphatic hydroxyl groups excluding tert-OH is 2. The van der Waals surface area contributed by atoms with Crippen molar-refractivity contribution >= 4 is 0 Å². The molecule has 2 N–H and O–H groups in total. The third-order valence-electron chi connectivity index (χ3n) is 4.13. The zero-order valence-corrected chi connectivity index (χ0v) is 10.0. The molecule has 2 nitrogen and oxygen atoms in total. The Morgan fingerprint density at radius 1 is 1.07 bits per heavy atom. The van der Waals surface area contributed by atoms with Crippen LogP contribution in [-0.4, -0.2) is 23.4 Å². The second kappa shape index (κ2) is 6.49. The fourth-order valence-electron chi connectivity index (χ4n) is 2.94. The predicted molar refractivity (Wildman–Crippen MR) is 62.7 cm³/mol. The molecule has 0 spiro atoms. The topological polar surface area (TPSA) is 40.5 Å². The van der Waals surface area contributed by atoms with Gasteiger partial charge in [0.1, 0.15) is 0 Å². The number of aliphatic hydroxyl groups is 2. The molecule has 0 atom stereocenters. The molecule has 0 aliphatic heterocycles. The van der Waals surface area contributed by atoms with Gasteiger partial charge in [0.15, 0.2) is 0 Å². The minimum atomic E-state index is -0.175. The lowest BCUT2D eigenvalue weighted by atomic mass is 9.72. The van der Waals surface area contributed by atoms with Crippen LogP contribution in [0.15, 0.2) is 0 Å². The lowest BCUT2D eigenvalue weighted by Gasteiger charge is -2.36. The summed E-state index contributed by atoms with van der Waals surface area (Å²) in [5, 5.41) is 19.2. The van der Waals surface area contributed by atoms with Crippen molar-refractivity contribution in [2.45, 2.75) is 58.3 Å². The maximum Gasteiger partial charge on any atom is 0.0512 e. The summed E-state index contributed by atoms with van der Waals surface area (Å²) in [4.78, 5) is 0. The first-order valence-electron chi connectivity index (χ1n) is 6.51. The van der Waals surface area contributed by atoms with Crippen LogP contribution >= 0.6 is 0 Å². The Hall–Kier alpha value is -0.0800. The molecule has 0 amide bonds. The van der Waals surface area contributed by atoms with Gasteiger partial charge in [-0.1, -0.05) is 39.0 Å². The van der Waals surface area contributed by atoms with E-state index in [2.05, 4.69) is 6.92 Å². The van der Waals surface area contributed by atoms with Crippen molar-refractivity contribution < 1.29 is 10.2 Å². The lowest BCUT2D eigenvalue weighted by Crippen LogP contribution is -2.37. The average molecular weight is 214 g/mol. The van der Waals surface area contributed by atoms with E-state index >= 15 is 0 Å². The van der Waals surface area contributed by atoms with E-state index in [-0.39, 0.29) is 18.6 Å². The summed E-state index contributed by atoms with van der Waals surface area (Å²) < 4.78 is 0. The molecule has 1 aliphatic rings. The highest BCUT2D eigenvalue weighted by Crippen LogP contribution is 2.42. The van der Waals surface area contributed by atoms with E-state index in [0.717, 1.165) is 12.8 Å². The van der Waals surface area contributed by atoms with Gasteiger partial charge in [0.25, 0.3) is 0 Å². The number of hydrogen-bond acceptors (Lipinski definition) is 2. The molecule has 0 aromatic heterocycles. The Bertz CT molecular complexity index is 158. The molecule has 1 saturated carbocycles. The minimum Gasteiger partial charge on any atom is -0.396 e. The molecule has 0 unspecified atom stereocenters. The smallest absolute Gasteiger partial charge is 0.0512 e. The largest absolute Gasteiger partial charge is 0.396 e. The van der Waals surface area contributed by atoms with Crippen molar-refractivity contribution in [1.29, 1.82) is 0 Å². The van der Waals surface area contributed by atoms with E-state index in [9.17, 15) is 10.2 Å². The second-order valence-corrected chi connectivity index (χ2v) is 5.12. The molecule has 0 saturated heterocycles. The Kier molecular flexibility index (Phi) is 5.62. The second-order valence-electron chi connectivity index (χ2n) is 5.12. The highest BCUT2D eigenvalue weighted by Gasteiger charge is 2.38. The van der Waals surface area contributed by atoms with Crippen LogP contribution < -0.4 is 0 Å². The molecule has 0 radical (unpaired) electrons. The van der Waals surface area contributed by atoms with Crippen LogP contribution in [0.5, 0.6) is 0 Å². The van der Waals surface area contributed by atoms with Crippen LogP contribution in [0.4, 0.5) is 0 Å². The lowest BCUT2D eigenvalue weighted by molar-refractivity contribution is -0.00340. The average Bonchev–Trinajstić information content (AvgIpc) is 2.79. The molecule has 15 heavy (non-hydrogen) atoms. The molecular formula is C13H26O2. The molecule has 0 aromatic rings. The molecule has 1 aliphatic carbocycles. The summed E-state index contributed by atoms with van der Waals surface area (Å²) >= 11 is 0. The van der Waals surface area contributed by atoms with Crippen LogP contribution in [0.25, 0.3) is 0 Å². The molecule has 90 valence electrons. The minimum absolute atomic E-state index is 0.165. The van der Waals surface area contributed by atoms with Gasteiger partial charge in [-0.15, -0.1) is 0 Å². The molecular weight excluding hydrogens is 188 g/mol. The van der Waals surface area contributed by atoms with Crippen LogP contribution in [0.2, 0.25) is 0 Å². The van der Waals surface area contributed by atoms with E-state index in [1.807, 2.05) is 0 Å². The third kappa shape index (κ3) is 3.18. The maximum absolute atomic E-state index is 9.58. The quantitative estimate of drug-likeness (QED) is 0.640. The summed E-state index contributed by atoms with van der Waals surface area (Å²) in [5.74, 6) is 0.560. The summed E-state index contributed by atoms with van der Waals surface area (Å²) in [7, 11) is 0. The van der Waals surface area contributed by atoms with Crippen molar-refractivity contribution in [3.63, 3.8) is 0 Å². The van der Waals surface area contributed by atoms with E-state index in [0.29, 0.717) is 5.92 Å².